The first-order valence-corrected chi connectivity index (χ1v) is 19.5. The summed E-state index contributed by atoms with van der Waals surface area (Å²) in [5, 5.41) is -0.568. The first-order chi connectivity index (χ1) is 17.8. The molecule has 4 atom stereocenters. The van der Waals surface area contributed by atoms with Gasteiger partial charge in [0.2, 0.25) is 6.43 Å². The van der Waals surface area contributed by atoms with Crippen molar-refractivity contribution in [3.8, 4) is 0 Å². The van der Waals surface area contributed by atoms with E-state index in [2.05, 4.69) is 4.98 Å². The monoisotopic (exact) mass is 605 g/mol. The molecule has 1 aliphatic rings. The number of rotatable bonds is 7. The van der Waals surface area contributed by atoms with Crippen LogP contribution in [0.3, 0.4) is 0 Å². The predicted molar refractivity (Wildman–Crippen MR) is 157 cm³/mol. The standard InChI is InChI=1S/C27H49F2N3O6Si2/c1-25(2,3)37-24(35)32-17(16-36-39(10,11)26(4,5)6)19(21(28)29)20(38-40(12,13)27(7,8)9)22(32)31-15-14-18(33)30-23(31)34/h14-15,17,19-22H,16H2,1-13H3,(H,30,33,34)/t17-,19+,20-,22-/m1/s1. The molecule has 2 heterocycles. The van der Waals surface area contributed by atoms with Crippen LogP contribution in [0.1, 0.15) is 68.5 Å². The molecule has 0 bridgehead atoms. The molecule has 9 nitrogen and oxygen atoms in total. The maximum atomic E-state index is 15.2. The zero-order chi connectivity index (χ0) is 31.2. The van der Waals surface area contributed by atoms with Gasteiger partial charge in [0.05, 0.1) is 24.7 Å². The summed E-state index contributed by atoms with van der Waals surface area (Å²) >= 11 is 0. The molecule has 1 aromatic heterocycles. The molecule has 0 aromatic carbocycles. The Morgan fingerprint density at radius 3 is 1.93 bits per heavy atom. The summed E-state index contributed by atoms with van der Waals surface area (Å²) in [6, 6.07) is -0.0443. The number of hydrogen-bond donors (Lipinski definition) is 1. The van der Waals surface area contributed by atoms with E-state index >= 15 is 8.78 Å². The number of aromatic nitrogens is 2. The van der Waals surface area contributed by atoms with Crippen LogP contribution in [0.4, 0.5) is 13.6 Å². The number of ether oxygens (including phenoxy) is 1. The summed E-state index contributed by atoms with van der Waals surface area (Å²) < 4.78 is 50.2. The van der Waals surface area contributed by atoms with Crippen LogP contribution in [0, 0.1) is 5.92 Å². The highest BCUT2D eigenvalue weighted by molar-refractivity contribution is 6.74. The Morgan fingerprint density at radius 2 is 1.50 bits per heavy atom. The van der Waals surface area contributed by atoms with Crippen molar-refractivity contribution < 1.29 is 27.2 Å². The average Bonchev–Trinajstić information content (AvgIpc) is 3.03. The lowest BCUT2D eigenvalue weighted by molar-refractivity contribution is -0.0101. The van der Waals surface area contributed by atoms with Crippen LogP contribution < -0.4 is 11.2 Å². The minimum atomic E-state index is -2.91. The molecule has 230 valence electrons. The fraction of sp³-hybridized carbons (Fsp3) is 0.815. The number of aromatic amines is 1. The van der Waals surface area contributed by atoms with E-state index in [4.69, 9.17) is 13.6 Å². The highest BCUT2D eigenvalue weighted by Gasteiger charge is 2.59. The molecule has 40 heavy (non-hydrogen) atoms. The van der Waals surface area contributed by atoms with E-state index < -0.39 is 70.2 Å². The number of amides is 1. The molecular weight excluding hydrogens is 556 g/mol. The quantitative estimate of drug-likeness (QED) is 0.386. The number of carbonyl (C=O) groups excluding carboxylic acids is 1. The van der Waals surface area contributed by atoms with Gasteiger partial charge in [-0.05, 0) is 57.0 Å². The second kappa shape index (κ2) is 11.4. The fourth-order valence-corrected chi connectivity index (χ4v) is 6.45. The van der Waals surface area contributed by atoms with Crippen molar-refractivity contribution in [1.82, 2.24) is 14.5 Å². The number of alkyl halides is 2. The van der Waals surface area contributed by atoms with Crippen LogP contribution in [-0.2, 0) is 13.6 Å². The van der Waals surface area contributed by atoms with E-state index in [9.17, 15) is 14.4 Å². The Morgan fingerprint density at radius 1 is 0.975 bits per heavy atom. The molecule has 13 heteroatoms. The zero-order valence-electron chi connectivity index (χ0n) is 26.3. The Kier molecular flexibility index (Phi) is 9.83. The molecule has 1 aliphatic heterocycles. The third-order valence-electron chi connectivity index (χ3n) is 8.45. The number of hydrogen-bond acceptors (Lipinski definition) is 6. The second-order valence-corrected chi connectivity index (χ2v) is 24.3. The molecule has 0 spiro atoms. The van der Waals surface area contributed by atoms with Crippen molar-refractivity contribution in [3.63, 3.8) is 0 Å². The van der Waals surface area contributed by atoms with Crippen LogP contribution in [0.25, 0.3) is 0 Å². The Bertz CT molecular complexity index is 1160. The van der Waals surface area contributed by atoms with Gasteiger partial charge >= 0.3 is 11.8 Å². The summed E-state index contributed by atoms with van der Waals surface area (Å²) in [5.74, 6) is -1.49. The van der Waals surface area contributed by atoms with Gasteiger partial charge in [-0.3, -0.25) is 19.2 Å². The van der Waals surface area contributed by atoms with Crippen molar-refractivity contribution in [2.45, 2.75) is 129 Å². The summed E-state index contributed by atoms with van der Waals surface area (Å²) in [6.07, 6.45) is -5.14. The fourth-order valence-electron chi connectivity index (χ4n) is 4.11. The van der Waals surface area contributed by atoms with Gasteiger partial charge in [0.1, 0.15) is 11.8 Å². The number of nitrogens with zero attached hydrogens (tertiary/aromatic N) is 2. The van der Waals surface area contributed by atoms with Gasteiger partial charge in [-0.15, -0.1) is 0 Å². The highest BCUT2D eigenvalue weighted by atomic mass is 28.4. The molecule has 0 unspecified atom stereocenters. The van der Waals surface area contributed by atoms with Crippen LogP contribution in [0.5, 0.6) is 0 Å². The Balaban J connectivity index is 2.84. The molecular formula is C27H49F2N3O6Si2. The van der Waals surface area contributed by atoms with E-state index in [1.165, 1.54) is 11.1 Å². The minimum absolute atomic E-state index is 0.184. The molecule has 2 rings (SSSR count). The molecule has 0 radical (unpaired) electrons. The predicted octanol–water partition coefficient (Wildman–Crippen LogP) is 5.95. The van der Waals surface area contributed by atoms with Gasteiger partial charge in [0.15, 0.2) is 16.6 Å². The van der Waals surface area contributed by atoms with Gasteiger partial charge < -0.3 is 13.6 Å². The summed E-state index contributed by atoms with van der Waals surface area (Å²) in [6.45, 7) is 24.8. The van der Waals surface area contributed by atoms with E-state index in [0.29, 0.717) is 0 Å². The van der Waals surface area contributed by atoms with Crippen molar-refractivity contribution >= 4 is 22.7 Å². The van der Waals surface area contributed by atoms with Crippen LogP contribution >= 0.6 is 0 Å². The molecule has 0 saturated carbocycles. The van der Waals surface area contributed by atoms with E-state index in [-0.39, 0.29) is 16.7 Å². The van der Waals surface area contributed by atoms with Crippen LogP contribution in [0.2, 0.25) is 36.3 Å². The van der Waals surface area contributed by atoms with Crippen LogP contribution in [-0.4, -0.2) is 68.0 Å². The SMILES string of the molecule is CC(C)(C)OC(=O)N1[C@H](CO[Si](C)(C)C(C)(C)C)[C@H](C(F)F)[C@@H](O[Si](C)(C)C(C)(C)C)[C@@H]1n1ccc(=O)[nH]c1=O. The van der Waals surface area contributed by atoms with Crippen molar-refractivity contribution in [3.05, 3.63) is 33.1 Å². The second-order valence-electron chi connectivity index (χ2n) is 14.7. The van der Waals surface area contributed by atoms with E-state index in [0.717, 1.165) is 10.6 Å². The molecule has 1 aromatic rings. The lowest BCUT2D eigenvalue weighted by Gasteiger charge is -2.41. The summed E-state index contributed by atoms with van der Waals surface area (Å²) in [5.41, 5.74) is -2.43. The average molecular weight is 606 g/mol. The van der Waals surface area contributed by atoms with Gasteiger partial charge in [-0.2, -0.15) is 0 Å². The highest BCUT2D eigenvalue weighted by Crippen LogP contribution is 2.48. The topological polar surface area (TPSA) is 103 Å². The van der Waals surface area contributed by atoms with Crippen LogP contribution in [0.15, 0.2) is 21.9 Å². The van der Waals surface area contributed by atoms with Gasteiger partial charge in [0, 0.05) is 12.3 Å². The molecule has 1 N–H and O–H groups in total. The molecule has 0 aliphatic carbocycles. The summed E-state index contributed by atoms with van der Waals surface area (Å²) in [7, 11) is -5.16. The Labute approximate surface area is 238 Å². The van der Waals surface area contributed by atoms with Gasteiger partial charge in [-0.1, -0.05) is 41.5 Å². The van der Waals surface area contributed by atoms with Gasteiger partial charge in [0.25, 0.3) is 5.56 Å². The number of halogens is 2. The van der Waals surface area contributed by atoms with Crippen molar-refractivity contribution in [2.24, 2.45) is 5.92 Å². The normalized spacial score (nSPS) is 23.1. The van der Waals surface area contributed by atoms with Crippen molar-refractivity contribution in [1.29, 1.82) is 0 Å². The molecule has 1 fully saturated rings. The summed E-state index contributed by atoms with van der Waals surface area (Å²) in [4.78, 5) is 42.2. The molecule has 1 amide bonds. The van der Waals surface area contributed by atoms with Gasteiger partial charge in [-0.25, -0.2) is 18.4 Å². The minimum Gasteiger partial charge on any atom is -0.444 e. The lowest BCUT2D eigenvalue weighted by atomic mass is 9.98. The number of H-pyrrole nitrogens is 1. The van der Waals surface area contributed by atoms with E-state index in [1.807, 2.05) is 67.7 Å². The maximum Gasteiger partial charge on any atom is 0.412 e. The largest absolute Gasteiger partial charge is 0.444 e. The smallest absolute Gasteiger partial charge is 0.412 e. The third-order valence-corrected chi connectivity index (χ3v) is 17.4. The third kappa shape index (κ3) is 7.51. The number of nitrogens with one attached hydrogen (secondary N) is 1. The van der Waals surface area contributed by atoms with Crippen molar-refractivity contribution in [2.75, 3.05) is 6.61 Å². The first kappa shape index (κ1) is 34.4. The molecule has 1 saturated heterocycles. The zero-order valence-corrected chi connectivity index (χ0v) is 28.3. The first-order valence-electron chi connectivity index (χ1n) is 13.7. The number of carbonyl (C=O) groups is 1. The Hall–Kier alpha value is -1.84. The maximum absolute atomic E-state index is 15.2. The van der Waals surface area contributed by atoms with E-state index in [1.54, 1.807) is 20.8 Å². The number of likely N-dealkylation sites (tertiary alicyclic amines) is 1. The lowest BCUT2D eigenvalue weighted by Crippen LogP contribution is -2.51.